The lowest BCUT2D eigenvalue weighted by Gasteiger charge is -2.21. The Morgan fingerprint density at radius 3 is 1.02 bits per heavy atom. The number of carboxylic acids is 1. The molecule has 2 amide bonds. The first-order valence-corrected chi connectivity index (χ1v) is 15.6. The number of rotatable bonds is 5. The van der Waals surface area contributed by atoms with E-state index in [0.29, 0.717) is 11.4 Å². The Balaban J connectivity index is 0.000000307. The van der Waals surface area contributed by atoms with Gasteiger partial charge in [0.15, 0.2) is 0 Å². The van der Waals surface area contributed by atoms with Crippen molar-refractivity contribution in [3.8, 4) is 0 Å². The van der Waals surface area contributed by atoms with Gasteiger partial charge in [-0.25, -0.2) is 4.79 Å². The number of benzene rings is 4. The zero-order valence-corrected chi connectivity index (χ0v) is 29.7. The lowest BCUT2D eigenvalue weighted by molar-refractivity contribution is -0.145. The molecule has 0 bridgehead atoms. The van der Waals surface area contributed by atoms with E-state index in [9.17, 15) is 24.6 Å². The zero-order chi connectivity index (χ0) is 36.9. The summed E-state index contributed by atoms with van der Waals surface area (Å²) in [5, 5.41) is 44.2. The third-order valence-electron chi connectivity index (χ3n) is 8.58. The number of fused-ring (bicyclic) bond motifs is 2. The van der Waals surface area contributed by atoms with E-state index >= 15 is 0 Å². The predicted molar refractivity (Wildman–Crippen MR) is 195 cm³/mol. The van der Waals surface area contributed by atoms with Crippen LogP contribution in [0.5, 0.6) is 0 Å². The smallest absolute Gasteiger partial charge is 0.332 e. The number of aliphatic hydroxyl groups is 3. The topological polar surface area (TPSA) is 208 Å². The summed E-state index contributed by atoms with van der Waals surface area (Å²) in [7, 11) is 0. The molecule has 0 fully saturated rings. The number of carbonyl (C=O) groups is 3. The molecule has 10 N–H and O–H groups in total. The zero-order valence-electron chi connectivity index (χ0n) is 29.7. The van der Waals surface area contributed by atoms with Gasteiger partial charge >= 0.3 is 5.97 Å². The second-order valence-electron chi connectivity index (χ2n) is 12.4. The number of aliphatic hydroxyl groups excluding tert-OH is 3. The highest BCUT2D eigenvalue weighted by molar-refractivity contribution is 6.13. The Morgan fingerprint density at radius 1 is 0.521 bits per heavy atom. The van der Waals surface area contributed by atoms with Gasteiger partial charge in [-0.2, -0.15) is 0 Å². The van der Waals surface area contributed by atoms with Gasteiger partial charge in [-0.05, 0) is 145 Å². The van der Waals surface area contributed by atoms with Crippen LogP contribution in [-0.2, 0) is 14.4 Å². The van der Waals surface area contributed by atoms with Gasteiger partial charge in [0.1, 0.15) is 18.3 Å². The average molecular weight is 663 g/mol. The normalized spacial score (nSPS) is 12.6. The molecule has 11 nitrogen and oxygen atoms in total. The summed E-state index contributed by atoms with van der Waals surface area (Å²) in [6, 6.07) is 7.79. The van der Waals surface area contributed by atoms with Crippen LogP contribution in [0.4, 0.5) is 22.7 Å². The van der Waals surface area contributed by atoms with Crippen molar-refractivity contribution in [3.05, 3.63) is 68.8 Å². The first-order chi connectivity index (χ1) is 22.1. The van der Waals surface area contributed by atoms with E-state index in [-0.39, 0.29) is 0 Å². The van der Waals surface area contributed by atoms with Gasteiger partial charge in [0, 0.05) is 44.3 Å². The summed E-state index contributed by atoms with van der Waals surface area (Å²) < 4.78 is 0. The van der Waals surface area contributed by atoms with Gasteiger partial charge in [0.25, 0.3) is 11.8 Å². The molecule has 48 heavy (non-hydrogen) atoms. The molecule has 0 aliphatic rings. The maximum atomic E-state index is 12.0. The second-order valence-corrected chi connectivity index (χ2v) is 12.4. The van der Waals surface area contributed by atoms with Gasteiger partial charge in [0.2, 0.25) is 0 Å². The number of hydrogen-bond acceptors (Lipinski definition) is 8. The quantitative estimate of drug-likeness (QED) is 0.128. The first kappa shape index (κ1) is 39.5. The third-order valence-corrected chi connectivity index (χ3v) is 8.58. The fourth-order valence-electron chi connectivity index (χ4n) is 5.23. The van der Waals surface area contributed by atoms with E-state index in [0.717, 1.165) is 55.2 Å². The van der Waals surface area contributed by atoms with E-state index in [1.165, 1.54) is 43.0 Å². The van der Waals surface area contributed by atoms with Gasteiger partial charge in [-0.15, -0.1) is 0 Å². The number of anilines is 4. The molecule has 0 saturated heterocycles. The van der Waals surface area contributed by atoms with Crippen molar-refractivity contribution in [3.63, 3.8) is 0 Å². The number of aryl methyl sites for hydroxylation is 8. The molecule has 0 heterocycles. The molecule has 3 atom stereocenters. The number of carboxylic acid groups (broad SMARTS) is 1. The highest BCUT2D eigenvalue weighted by Gasteiger charge is 2.20. The number of nitrogen functional groups attached to an aromatic ring is 2. The van der Waals surface area contributed by atoms with Gasteiger partial charge in [-0.1, -0.05) is 0 Å². The Hall–Kier alpha value is -4.71. The van der Waals surface area contributed by atoms with Crippen molar-refractivity contribution in [2.24, 2.45) is 0 Å². The highest BCUT2D eigenvalue weighted by atomic mass is 16.4. The Labute approximate surface area is 282 Å². The summed E-state index contributed by atoms with van der Waals surface area (Å²) in [5.74, 6) is -2.18. The molecule has 4 aromatic carbocycles. The van der Waals surface area contributed by atoms with Crippen molar-refractivity contribution < 1.29 is 34.8 Å². The summed E-state index contributed by atoms with van der Waals surface area (Å²) in [6.07, 6.45) is -3.50. The molecule has 0 aromatic heterocycles. The maximum absolute atomic E-state index is 12.0. The third kappa shape index (κ3) is 8.80. The van der Waals surface area contributed by atoms with Crippen molar-refractivity contribution >= 4 is 62.1 Å². The fraction of sp³-hybridized carbons (Fsp3) is 0.378. The average Bonchev–Trinajstić information content (AvgIpc) is 2.98. The first-order valence-electron chi connectivity index (χ1n) is 15.6. The fourth-order valence-corrected chi connectivity index (χ4v) is 5.23. The van der Waals surface area contributed by atoms with Crippen molar-refractivity contribution in [2.75, 3.05) is 22.1 Å². The molecule has 3 unspecified atom stereocenters. The van der Waals surface area contributed by atoms with Crippen LogP contribution in [0.2, 0.25) is 0 Å². The Kier molecular flexibility index (Phi) is 13.1. The molecule has 4 aromatic rings. The lowest BCUT2D eigenvalue weighted by atomic mass is 9.92. The van der Waals surface area contributed by atoms with Gasteiger partial charge < -0.3 is 42.5 Å². The molecule has 0 aliphatic heterocycles. The van der Waals surface area contributed by atoms with E-state index < -0.39 is 36.1 Å². The van der Waals surface area contributed by atoms with Gasteiger partial charge in [0.05, 0.1) is 0 Å². The number of nitrogens with one attached hydrogen (secondary N) is 2. The van der Waals surface area contributed by atoms with E-state index in [1.54, 1.807) is 0 Å². The molecule has 11 heteroatoms. The molecule has 0 saturated carbocycles. The summed E-state index contributed by atoms with van der Waals surface area (Å²) in [5.41, 5.74) is 23.7. The van der Waals surface area contributed by atoms with Crippen LogP contribution in [0.3, 0.4) is 0 Å². The minimum atomic E-state index is -1.23. The molecule has 0 radical (unpaired) electrons. The van der Waals surface area contributed by atoms with Crippen molar-refractivity contribution in [2.45, 2.75) is 94.5 Å². The number of hydrogen-bond donors (Lipinski definition) is 8. The molecule has 0 aliphatic carbocycles. The van der Waals surface area contributed by atoms with Crippen LogP contribution in [0.25, 0.3) is 21.5 Å². The number of nitrogens with two attached hydrogens (primary N) is 2. The molecule has 0 spiro atoms. The largest absolute Gasteiger partial charge is 0.479 e. The SMILES string of the molecule is CC(O)C(=O)O.Cc1cc(N)c2c(C)c(C)cc(N)c2c1C.Cc1cc(NC(=O)C(C)O)c2c(C)c(C)cc(NC(=O)C(C)O)c2c1C. The summed E-state index contributed by atoms with van der Waals surface area (Å²) in [4.78, 5) is 33.5. The maximum Gasteiger partial charge on any atom is 0.332 e. The van der Waals surface area contributed by atoms with E-state index in [4.69, 9.17) is 21.7 Å². The molecular formula is C37H50N4O7. The van der Waals surface area contributed by atoms with Crippen LogP contribution in [0.15, 0.2) is 24.3 Å². The Morgan fingerprint density at radius 2 is 0.771 bits per heavy atom. The van der Waals surface area contributed by atoms with Crippen molar-refractivity contribution in [1.29, 1.82) is 0 Å². The highest BCUT2D eigenvalue weighted by Crippen LogP contribution is 2.39. The van der Waals surface area contributed by atoms with E-state index in [1.807, 2.05) is 52.0 Å². The number of aliphatic carboxylic acids is 1. The second kappa shape index (κ2) is 15.9. The van der Waals surface area contributed by atoms with Crippen LogP contribution < -0.4 is 22.1 Å². The summed E-state index contributed by atoms with van der Waals surface area (Å²) in [6.45, 7) is 20.1. The van der Waals surface area contributed by atoms with E-state index in [2.05, 4.69) is 38.3 Å². The van der Waals surface area contributed by atoms with Crippen LogP contribution in [0, 0.1) is 55.4 Å². The number of amides is 2. The molecule has 260 valence electrons. The Bertz CT molecular complexity index is 1750. The van der Waals surface area contributed by atoms with Crippen LogP contribution >= 0.6 is 0 Å². The van der Waals surface area contributed by atoms with Crippen LogP contribution in [0.1, 0.15) is 65.3 Å². The molecule has 4 rings (SSSR count). The monoisotopic (exact) mass is 662 g/mol. The minimum Gasteiger partial charge on any atom is -0.479 e. The molecular weight excluding hydrogens is 612 g/mol. The standard InChI is InChI=1S/C20H26N2O4.C14H18N2.C3H6O3/c1-9-7-15(21-19(25)13(5)23)18-12(4)10(2)8-16(17(18)11(9)3)22-20(26)14(6)24;1-7-5-11(15)14-10(4)8(2)6-12(16)13(14)9(7)3;1-2(4)3(5)6/h7-8,13-14,23-24H,1-6H3,(H,21,25)(H,22,26);5-6H,15-16H2,1-4H3;2,4H,1H3,(H,5,6). The van der Waals surface area contributed by atoms with Gasteiger partial charge in [-0.3, -0.25) is 9.59 Å². The number of carbonyl (C=O) groups excluding carboxylic acids is 2. The lowest BCUT2D eigenvalue weighted by Crippen LogP contribution is -2.25. The predicted octanol–water partition coefficient (Wildman–Crippen LogP) is 5.40. The minimum absolute atomic E-state index is 0.495. The van der Waals surface area contributed by atoms with Crippen LogP contribution in [-0.4, -0.2) is 56.5 Å². The van der Waals surface area contributed by atoms with Crippen molar-refractivity contribution in [1.82, 2.24) is 0 Å². The summed E-state index contributed by atoms with van der Waals surface area (Å²) >= 11 is 0.